The highest BCUT2D eigenvalue weighted by Gasteiger charge is 2.30. The van der Waals surface area contributed by atoms with E-state index in [-0.39, 0.29) is 17.9 Å². The molecule has 3 heteroatoms. The summed E-state index contributed by atoms with van der Waals surface area (Å²) < 4.78 is 0. The molecule has 0 radical (unpaired) electrons. The van der Waals surface area contributed by atoms with Crippen LogP contribution >= 0.6 is 0 Å². The van der Waals surface area contributed by atoms with E-state index in [4.69, 9.17) is 5.73 Å². The van der Waals surface area contributed by atoms with Crippen molar-refractivity contribution in [1.82, 2.24) is 4.90 Å². The fourth-order valence-electron chi connectivity index (χ4n) is 1.69. The maximum Gasteiger partial charge on any atom is 0.227 e. The molecule has 0 aromatic heterocycles. The molecule has 3 atom stereocenters. The largest absolute Gasteiger partial charge is 0.349 e. The van der Waals surface area contributed by atoms with Gasteiger partial charge in [-0.2, -0.15) is 0 Å². The summed E-state index contributed by atoms with van der Waals surface area (Å²) in [5.41, 5.74) is 5.96. The second kappa shape index (κ2) is 6.62. The fourth-order valence-corrected chi connectivity index (χ4v) is 1.69. The van der Waals surface area contributed by atoms with Crippen LogP contribution in [0.25, 0.3) is 0 Å². The molecule has 2 N–H and O–H groups in total. The lowest BCUT2D eigenvalue weighted by atomic mass is 9.82. The second-order valence-corrected chi connectivity index (χ2v) is 3.94. The Labute approximate surface area is 93.3 Å². The van der Waals surface area contributed by atoms with E-state index in [1.54, 1.807) is 19.0 Å². The molecule has 1 aliphatic carbocycles. The van der Waals surface area contributed by atoms with Crippen molar-refractivity contribution in [2.45, 2.75) is 33.2 Å². The van der Waals surface area contributed by atoms with Crippen molar-refractivity contribution in [2.75, 3.05) is 14.1 Å². The second-order valence-electron chi connectivity index (χ2n) is 3.94. The van der Waals surface area contributed by atoms with E-state index in [2.05, 4.69) is 19.1 Å². The van der Waals surface area contributed by atoms with Crippen molar-refractivity contribution in [3.8, 4) is 0 Å². The van der Waals surface area contributed by atoms with Gasteiger partial charge in [0.25, 0.3) is 0 Å². The SMILES string of the molecule is CC.CC1C=CCC(C(=O)N(C)C)C1N. The monoisotopic (exact) mass is 212 g/mol. The van der Waals surface area contributed by atoms with Gasteiger partial charge in [0.2, 0.25) is 5.91 Å². The summed E-state index contributed by atoms with van der Waals surface area (Å²) in [5, 5.41) is 0. The molecule has 0 aromatic rings. The highest BCUT2D eigenvalue weighted by atomic mass is 16.2. The van der Waals surface area contributed by atoms with Gasteiger partial charge in [-0.05, 0) is 12.3 Å². The first kappa shape index (κ1) is 14.2. The molecular weight excluding hydrogens is 188 g/mol. The third-order valence-electron chi connectivity index (χ3n) is 2.66. The van der Waals surface area contributed by atoms with E-state index >= 15 is 0 Å². The molecule has 3 nitrogen and oxygen atoms in total. The first-order valence-corrected chi connectivity index (χ1v) is 5.67. The molecule has 88 valence electrons. The van der Waals surface area contributed by atoms with E-state index in [1.807, 2.05) is 13.8 Å². The fraction of sp³-hybridized carbons (Fsp3) is 0.750. The zero-order valence-electron chi connectivity index (χ0n) is 10.5. The molecule has 0 aliphatic heterocycles. The summed E-state index contributed by atoms with van der Waals surface area (Å²) in [6.45, 7) is 6.05. The van der Waals surface area contributed by atoms with Crippen molar-refractivity contribution in [3.05, 3.63) is 12.2 Å². The first-order valence-electron chi connectivity index (χ1n) is 5.67. The van der Waals surface area contributed by atoms with Gasteiger partial charge < -0.3 is 10.6 Å². The number of allylic oxidation sites excluding steroid dienone is 1. The standard InChI is InChI=1S/C10H18N2O.C2H6/c1-7-5-4-6-8(9(7)11)10(13)12(2)3;1-2/h4-5,7-9H,6,11H2,1-3H3;1-2H3. The zero-order chi connectivity index (χ0) is 12.0. The van der Waals surface area contributed by atoms with Crippen molar-refractivity contribution >= 4 is 5.91 Å². The van der Waals surface area contributed by atoms with Crippen LogP contribution in [0.3, 0.4) is 0 Å². The lowest BCUT2D eigenvalue weighted by Crippen LogP contribution is -2.45. The molecule has 1 amide bonds. The summed E-state index contributed by atoms with van der Waals surface area (Å²) in [6, 6.07) is -0.0279. The third-order valence-corrected chi connectivity index (χ3v) is 2.66. The Morgan fingerprint density at radius 2 is 1.93 bits per heavy atom. The summed E-state index contributed by atoms with van der Waals surface area (Å²) in [4.78, 5) is 13.3. The number of rotatable bonds is 1. The van der Waals surface area contributed by atoms with Gasteiger partial charge in [0.05, 0.1) is 5.92 Å². The van der Waals surface area contributed by atoms with Crippen molar-refractivity contribution in [2.24, 2.45) is 17.6 Å². The molecule has 15 heavy (non-hydrogen) atoms. The Bertz CT molecular complexity index is 224. The van der Waals surface area contributed by atoms with Crippen molar-refractivity contribution < 1.29 is 4.79 Å². The number of amides is 1. The van der Waals surface area contributed by atoms with Gasteiger partial charge in [-0.1, -0.05) is 32.9 Å². The molecule has 0 heterocycles. The van der Waals surface area contributed by atoms with Crippen LogP contribution < -0.4 is 5.73 Å². The van der Waals surface area contributed by atoms with Crippen LogP contribution in [-0.2, 0) is 4.79 Å². The Balaban J connectivity index is 0.000000921. The highest BCUT2D eigenvalue weighted by molar-refractivity contribution is 5.79. The van der Waals surface area contributed by atoms with Crippen LogP contribution in [0.4, 0.5) is 0 Å². The number of nitrogens with zero attached hydrogens (tertiary/aromatic N) is 1. The minimum absolute atomic E-state index is 0.0279. The van der Waals surface area contributed by atoms with E-state index in [1.165, 1.54) is 0 Å². The highest BCUT2D eigenvalue weighted by Crippen LogP contribution is 2.23. The minimum atomic E-state index is -0.0324. The maximum absolute atomic E-state index is 11.7. The number of nitrogens with two attached hydrogens (primary N) is 1. The Morgan fingerprint density at radius 3 is 2.40 bits per heavy atom. The molecule has 0 saturated heterocycles. The summed E-state index contributed by atoms with van der Waals surface area (Å²) >= 11 is 0. The molecular formula is C12H24N2O. The van der Waals surface area contributed by atoms with Gasteiger partial charge in [-0.15, -0.1) is 0 Å². The molecule has 1 aliphatic rings. The smallest absolute Gasteiger partial charge is 0.227 e. The van der Waals surface area contributed by atoms with Gasteiger partial charge in [0.1, 0.15) is 0 Å². The van der Waals surface area contributed by atoms with Gasteiger partial charge in [-0.25, -0.2) is 0 Å². The van der Waals surface area contributed by atoms with E-state index in [9.17, 15) is 4.79 Å². The predicted molar refractivity (Wildman–Crippen MR) is 64.4 cm³/mol. The molecule has 1 rings (SSSR count). The van der Waals surface area contributed by atoms with Gasteiger partial charge in [-0.3, -0.25) is 4.79 Å². The van der Waals surface area contributed by atoms with Crippen molar-refractivity contribution in [3.63, 3.8) is 0 Å². The van der Waals surface area contributed by atoms with Crippen LogP contribution in [0, 0.1) is 11.8 Å². The Kier molecular flexibility index (Phi) is 6.25. The average molecular weight is 212 g/mol. The summed E-state index contributed by atoms with van der Waals surface area (Å²) in [6.07, 6.45) is 4.92. The molecule has 0 spiro atoms. The molecule has 0 bridgehead atoms. The summed E-state index contributed by atoms with van der Waals surface area (Å²) in [5.74, 6) is 0.418. The van der Waals surface area contributed by atoms with Gasteiger partial charge in [0.15, 0.2) is 0 Å². The maximum atomic E-state index is 11.7. The van der Waals surface area contributed by atoms with Crippen LogP contribution in [0.5, 0.6) is 0 Å². The average Bonchev–Trinajstić information content (AvgIpc) is 2.24. The van der Waals surface area contributed by atoms with Crippen LogP contribution in [0.2, 0.25) is 0 Å². The molecule has 0 saturated carbocycles. The van der Waals surface area contributed by atoms with Crippen LogP contribution in [0.15, 0.2) is 12.2 Å². The van der Waals surface area contributed by atoms with E-state index in [0.717, 1.165) is 6.42 Å². The predicted octanol–water partition coefficient (Wildman–Crippen LogP) is 1.64. The normalized spacial score (nSPS) is 29.1. The van der Waals surface area contributed by atoms with E-state index < -0.39 is 0 Å². The lowest BCUT2D eigenvalue weighted by Gasteiger charge is -2.30. The van der Waals surface area contributed by atoms with Crippen LogP contribution in [0.1, 0.15) is 27.2 Å². The minimum Gasteiger partial charge on any atom is -0.349 e. The molecule has 3 unspecified atom stereocenters. The van der Waals surface area contributed by atoms with Crippen LogP contribution in [-0.4, -0.2) is 30.9 Å². The van der Waals surface area contributed by atoms with Gasteiger partial charge in [0, 0.05) is 20.1 Å². The molecule has 0 aromatic carbocycles. The number of hydrogen-bond donors (Lipinski definition) is 1. The number of carbonyl (C=O) groups excluding carboxylic acids is 1. The summed E-state index contributed by atoms with van der Waals surface area (Å²) in [7, 11) is 3.55. The number of carbonyl (C=O) groups is 1. The Hall–Kier alpha value is -0.830. The molecule has 0 fully saturated rings. The number of hydrogen-bond acceptors (Lipinski definition) is 2. The van der Waals surface area contributed by atoms with Gasteiger partial charge >= 0.3 is 0 Å². The third kappa shape index (κ3) is 3.67. The van der Waals surface area contributed by atoms with Crippen molar-refractivity contribution in [1.29, 1.82) is 0 Å². The topological polar surface area (TPSA) is 46.3 Å². The quantitative estimate of drug-likeness (QED) is 0.672. The lowest BCUT2D eigenvalue weighted by molar-refractivity contribution is -0.134. The Morgan fingerprint density at radius 1 is 1.40 bits per heavy atom. The first-order chi connectivity index (χ1) is 7.04. The zero-order valence-corrected chi connectivity index (χ0v) is 10.5. The van der Waals surface area contributed by atoms with E-state index in [0.29, 0.717) is 5.92 Å².